The summed E-state index contributed by atoms with van der Waals surface area (Å²) < 4.78 is 52.3. The van der Waals surface area contributed by atoms with Crippen LogP contribution in [0.5, 0.6) is 11.5 Å². The highest BCUT2D eigenvalue weighted by atomic mass is 32.2. The van der Waals surface area contributed by atoms with Crippen LogP contribution in [-0.2, 0) is 40.7 Å². The lowest BCUT2D eigenvalue weighted by atomic mass is 9.92. The molecule has 2 heterocycles. The number of amides is 1. The number of hydrogen-bond acceptors (Lipinski definition) is 9. The Hall–Kier alpha value is -4.26. The van der Waals surface area contributed by atoms with Crippen molar-refractivity contribution >= 4 is 32.9 Å². The number of carbonyl (C=O) groups excluding carboxylic acids is 1. The second kappa shape index (κ2) is 10.8. The smallest absolute Gasteiger partial charge is 0.407 e. The van der Waals surface area contributed by atoms with E-state index in [4.69, 9.17) is 14.0 Å². The molecule has 13 heteroatoms. The van der Waals surface area contributed by atoms with Gasteiger partial charge < -0.3 is 24.1 Å². The predicted molar refractivity (Wildman–Crippen MR) is 142 cm³/mol. The standard InChI is InChI=1S/C26H29N5O7S/c1-35-20-10-18-6-4-5-7-19(18)11-23(20)39(33,34)30-25-24-21(36-2)8-16(9-22(24)38-29-25)14-31-15-17(13-28-31)12-27-26(32)37-3/h8-11,13,15H,4-7,12,14H2,1-3H3,(H,27,32)(H,29,30). The second-order valence-corrected chi connectivity index (χ2v) is 10.8. The van der Waals surface area contributed by atoms with Gasteiger partial charge in [-0.05, 0) is 66.6 Å². The number of rotatable bonds is 9. The molecule has 0 atom stereocenters. The van der Waals surface area contributed by atoms with Crippen molar-refractivity contribution in [2.75, 3.05) is 26.1 Å². The minimum atomic E-state index is -4.05. The number of sulfonamides is 1. The molecule has 2 N–H and O–H groups in total. The number of nitrogens with one attached hydrogen (secondary N) is 2. The van der Waals surface area contributed by atoms with Crippen LogP contribution < -0.4 is 19.5 Å². The van der Waals surface area contributed by atoms with Crippen molar-refractivity contribution in [3.8, 4) is 11.5 Å². The monoisotopic (exact) mass is 555 g/mol. The fraction of sp³-hybridized carbons (Fsp3) is 0.346. The molecule has 0 radical (unpaired) electrons. The molecular weight excluding hydrogens is 526 g/mol. The minimum Gasteiger partial charge on any atom is -0.496 e. The highest BCUT2D eigenvalue weighted by Gasteiger charge is 2.26. The topological polar surface area (TPSA) is 147 Å². The summed E-state index contributed by atoms with van der Waals surface area (Å²) in [4.78, 5) is 11.3. The van der Waals surface area contributed by atoms with Crippen LogP contribution in [0.25, 0.3) is 11.0 Å². The molecule has 0 fully saturated rings. The molecule has 4 aromatic rings. The van der Waals surface area contributed by atoms with E-state index in [1.807, 2.05) is 6.07 Å². The Morgan fingerprint density at radius 1 is 1.03 bits per heavy atom. The van der Waals surface area contributed by atoms with Crippen molar-refractivity contribution in [3.63, 3.8) is 0 Å². The van der Waals surface area contributed by atoms with Gasteiger partial charge in [-0.2, -0.15) is 5.10 Å². The van der Waals surface area contributed by atoms with Gasteiger partial charge >= 0.3 is 6.09 Å². The van der Waals surface area contributed by atoms with Gasteiger partial charge in [0.2, 0.25) is 0 Å². The summed E-state index contributed by atoms with van der Waals surface area (Å²) in [6.07, 6.45) is 6.72. The fourth-order valence-corrected chi connectivity index (χ4v) is 5.93. The van der Waals surface area contributed by atoms with Crippen LogP contribution in [0, 0.1) is 0 Å². The highest BCUT2D eigenvalue weighted by Crippen LogP contribution is 2.37. The summed E-state index contributed by atoms with van der Waals surface area (Å²) >= 11 is 0. The van der Waals surface area contributed by atoms with E-state index in [0.29, 0.717) is 23.3 Å². The lowest BCUT2D eigenvalue weighted by Gasteiger charge is -2.19. The fourth-order valence-electron chi connectivity index (χ4n) is 4.72. The average Bonchev–Trinajstić information content (AvgIpc) is 3.56. The summed E-state index contributed by atoms with van der Waals surface area (Å²) in [5.74, 6) is 0.688. The zero-order chi connectivity index (χ0) is 27.6. The normalized spacial score (nSPS) is 13.1. The maximum Gasteiger partial charge on any atom is 0.407 e. The van der Waals surface area contributed by atoms with Crippen molar-refractivity contribution in [1.82, 2.24) is 20.3 Å². The number of anilines is 1. The third-order valence-electron chi connectivity index (χ3n) is 6.62. The van der Waals surface area contributed by atoms with Crippen LogP contribution in [0.2, 0.25) is 0 Å². The first-order chi connectivity index (χ1) is 18.8. The number of methoxy groups -OCH3 is 3. The molecule has 5 rings (SSSR count). The third-order valence-corrected chi connectivity index (χ3v) is 7.98. The largest absolute Gasteiger partial charge is 0.496 e. The third kappa shape index (κ3) is 5.48. The van der Waals surface area contributed by atoms with Crippen LogP contribution in [0.1, 0.15) is 35.1 Å². The van der Waals surface area contributed by atoms with Crippen LogP contribution in [-0.4, -0.2) is 50.8 Å². The molecule has 12 nitrogen and oxygen atoms in total. The molecular formula is C26H29N5O7S. The number of aryl methyl sites for hydroxylation is 2. The first kappa shape index (κ1) is 26.4. The summed E-state index contributed by atoms with van der Waals surface area (Å²) in [6, 6.07) is 7.01. The Morgan fingerprint density at radius 3 is 2.49 bits per heavy atom. The molecule has 0 aliphatic heterocycles. The van der Waals surface area contributed by atoms with Gasteiger partial charge in [0.1, 0.15) is 21.8 Å². The van der Waals surface area contributed by atoms with E-state index in [-0.39, 0.29) is 23.0 Å². The Balaban J connectivity index is 1.41. The number of hydrogen-bond donors (Lipinski definition) is 2. The average molecular weight is 556 g/mol. The first-order valence-electron chi connectivity index (χ1n) is 12.3. The van der Waals surface area contributed by atoms with E-state index in [1.165, 1.54) is 21.3 Å². The van der Waals surface area contributed by atoms with E-state index in [9.17, 15) is 13.2 Å². The maximum atomic E-state index is 13.5. The maximum absolute atomic E-state index is 13.5. The van der Waals surface area contributed by atoms with Crippen molar-refractivity contribution in [3.05, 3.63) is 58.9 Å². The van der Waals surface area contributed by atoms with Gasteiger partial charge in [0, 0.05) is 18.3 Å². The van der Waals surface area contributed by atoms with Gasteiger partial charge in [0.25, 0.3) is 10.0 Å². The number of fused-ring (bicyclic) bond motifs is 2. The number of carbonyl (C=O) groups is 1. The highest BCUT2D eigenvalue weighted by molar-refractivity contribution is 7.92. The summed E-state index contributed by atoms with van der Waals surface area (Å²) in [5.41, 5.74) is 4.05. The zero-order valence-electron chi connectivity index (χ0n) is 21.8. The van der Waals surface area contributed by atoms with Crippen LogP contribution in [0.4, 0.5) is 10.6 Å². The lowest BCUT2D eigenvalue weighted by molar-refractivity contribution is 0.170. The lowest BCUT2D eigenvalue weighted by Crippen LogP contribution is -2.21. The summed E-state index contributed by atoms with van der Waals surface area (Å²) in [7, 11) is 0.190. The van der Waals surface area contributed by atoms with Crippen molar-refractivity contribution < 1.29 is 31.9 Å². The quantitative estimate of drug-likeness (QED) is 0.316. The van der Waals surface area contributed by atoms with E-state index in [0.717, 1.165) is 47.9 Å². The number of ether oxygens (including phenoxy) is 3. The zero-order valence-corrected chi connectivity index (χ0v) is 22.6. The Kier molecular flexibility index (Phi) is 7.33. The van der Waals surface area contributed by atoms with Gasteiger partial charge in [0.15, 0.2) is 11.4 Å². The van der Waals surface area contributed by atoms with E-state index in [1.54, 1.807) is 35.3 Å². The van der Waals surface area contributed by atoms with Gasteiger partial charge in [-0.15, -0.1) is 0 Å². The Bertz CT molecular complexity index is 1630. The van der Waals surface area contributed by atoms with Crippen LogP contribution >= 0.6 is 0 Å². The molecule has 0 saturated carbocycles. The summed E-state index contributed by atoms with van der Waals surface area (Å²) in [5, 5.41) is 11.3. The number of aromatic nitrogens is 3. The Morgan fingerprint density at radius 2 is 1.77 bits per heavy atom. The number of benzene rings is 2. The molecule has 0 saturated heterocycles. The number of nitrogens with zero attached hydrogens (tertiary/aromatic N) is 3. The predicted octanol–water partition coefficient (Wildman–Crippen LogP) is 3.63. The molecule has 1 amide bonds. The molecule has 2 aromatic carbocycles. The van der Waals surface area contributed by atoms with Gasteiger partial charge in [-0.1, -0.05) is 5.16 Å². The van der Waals surface area contributed by atoms with E-state index in [2.05, 4.69) is 25.0 Å². The molecule has 1 aliphatic carbocycles. The molecule has 39 heavy (non-hydrogen) atoms. The molecule has 1 aliphatic rings. The van der Waals surface area contributed by atoms with Gasteiger partial charge in [-0.3, -0.25) is 9.40 Å². The molecule has 206 valence electrons. The van der Waals surface area contributed by atoms with E-state index >= 15 is 0 Å². The molecule has 2 aromatic heterocycles. The van der Waals surface area contributed by atoms with E-state index < -0.39 is 16.1 Å². The van der Waals surface area contributed by atoms with Crippen molar-refractivity contribution in [2.24, 2.45) is 0 Å². The Labute approximate surface area is 225 Å². The summed E-state index contributed by atoms with van der Waals surface area (Å²) in [6.45, 7) is 0.647. The molecule has 0 unspecified atom stereocenters. The molecule has 0 spiro atoms. The van der Waals surface area contributed by atoms with Gasteiger partial charge in [0.05, 0.1) is 34.1 Å². The van der Waals surface area contributed by atoms with Crippen LogP contribution in [0.15, 0.2) is 46.1 Å². The SMILES string of the molecule is COC(=O)NCc1cnn(Cc2cc(OC)c3c(NS(=O)(=O)c4cc5c(cc4OC)CCCC5)noc3c2)c1. The van der Waals surface area contributed by atoms with Crippen LogP contribution in [0.3, 0.4) is 0 Å². The van der Waals surface area contributed by atoms with Crippen molar-refractivity contribution in [2.45, 2.75) is 43.7 Å². The van der Waals surface area contributed by atoms with Crippen molar-refractivity contribution in [1.29, 1.82) is 0 Å². The second-order valence-electron chi connectivity index (χ2n) is 9.18. The van der Waals surface area contributed by atoms with Gasteiger partial charge in [-0.25, -0.2) is 13.2 Å². The first-order valence-corrected chi connectivity index (χ1v) is 13.8. The molecule has 0 bridgehead atoms. The minimum absolute atomic E-state index is 0.0171. The number of alkyl carbamates (subject to hydrolysis) is 1.